The average Bonchev–Trinajstić information content (AvgIpc) is 3.26. The summed E-state index contributed by atoms with van der Waals surface area (Å²) in [5.74, 6) is -0.677. The number of rotatable bonds is 4. The number of para-hydroxylation sites is 1. The van der Waals surface area contributed by atoms with Crippen LogP contribution in [0.25, 0.3) is 5.69 Å². The maximum Gasteiger partial charge on any atom is 0.273 e. The van der Waals surface area contributed by atoms with Crippen molar-refractivity contribution in [3.8, 4) is 5.69 Å². The molecule has 1 fully saturated rings. The molecule has 1 aliphatic rings. The van der Waals surface area contributed by atoms with E-state index in [1.54, 1.807) is 17.0 Å². The Labute approximate surface area is 173 Å². The van der Waals surface area contributed by atoms with Gasteiger partial charge < -0.3 is 15.3 Å². The van der Waals surface area contributed by atoms with Gasteiger partial charge in [-0.15, -0.1) is 5.10 Å². The molecular weight excluding hydrogens is 384 g/mol. The third-order valence-electron chi connectivity index (χ3n) is 5.03. The maximum atomic E-state index is 12.8. The van der Waals surface area contributed by atoms with Gasteiger partial charge in [-0.05, 0) is 37.6 Å². The fraction of sp³-hybridized carbons (Fsp3) is 0.286. The first-order valence-corrected chi connectivity index (χ1v) is 9.71. The highest BCUT2D eigenvalue weighted by Crippen LogP contribution is 2.15. The van der Waals surface area contributed by atoms with E-state index in [1.807, 2.05) is 43.3 Å². The molecule has 2 N–H and O–H groups in total. The zero-order valence-electron chi connectivity index (χ0n) is 16.5. The van der Waals surface area contributed by atoms with Crippen LogP contribution in [0.2, 0.25) is 0 Å². The Kier molecular flexibility index (Phi) is 5.53. The first-order valence-electron chi connectivity index (χ1n) is 9.71. The molecule has 3 heterocycles. The van der Waals surface area contributed by atoms with E-state index in [4.69, 9.17) is 0 Å². The third kappa shape index (κ3) is 4.20. The van der Waals surface area contributed by atoms with Crippen molar-refractivity contribution in [3.63, 3.8) is 0 Å². The molecule has 9 nitrogen and oxygen atoms in total. The number of aliphatic hydroxyl groups excluding tert-OH is 1. The number of hydrogen-bond acceptors (Lipinski definition) is 6. The number of nitrogens with one attached hydrogen (secondary N) is 1. The highest BCUT2D eigenvalue weighted by atomic mass is 16.3. The van der Waals surface area contributed by atoms with Gasteiger partial charge in [0.1, 0.15) is 5.69 Å². The fourth-order valence-corrected chi connectivity index (χ4v) is 3.41. The second kappa shape index (κ2) is 8.42. The number of piperidine rings is 1. The van der Waals surface area contributed by atoms with Gasteiger partial charge in [-0.25, -0.2) is 9.67 Å². The molecule has 2 aromatic heterocycles. The van der Waals surface area contributed by atoms with Gasteiger partial charge in [-0.3, -0.25) is 9.59 Å². The summed E-state index contributed by atoms with van der Waals surface area (Å²) in [5, 5.41) is 21.0. The highest BCUT2D eigenvalue weighted by molar-refractivity contribution is 5.93. The topological polar surface area (TPSA) is 113 Å². The summed E-state index contributed by atoms with van der Waals surface area (Å²) >= 11 is 0. The summed E-state index contributed by atoms with van der Waals surface area (Å²) in [7, 11) is 0. The SMILES string of the molecule is Cc1cccc(C(=O)N2CC[C@H](O)[C@H](NC(=O)c3cn(-c4ccccc4)nn3)C2)n1. The Balaban J connectivity index is 1.44. The number of aryl methyl sites for hydroxylation is 1. The second-order valence-electron chi connectivity index (χ2n) is 7.24. The molecule has 154 valence electrons. The van der Waals surface area contributed by atoms with E-state index in [0.29, 0.717) is 18.7 Å². The number of carbonyl (C=O) groups excluding carboxylic acids is 2. The Bertz CT molecular complexity index is 1050. The van der Waals surface area contributed by atoms with Crippen LogP contribution >= 0.6 is 0 Å². The van der Waals surface area contributed by atoms with E-state index in [9.17, 15) is 14.7 Å². The lowest BCUT2D eigenvalue weighted by molar-refractivity contribution is 0.0354. The van der Waals surface area contributed by atoms with Crippen LogP contribution in [-0.2, 0) is 0 Å². The molecule has 1 aromatic carbocycles. The molecular formula is C21H22N6O3. The normalized spacial score (nSPS) is 18.8. The fourth-order valence-electron chi connectivity index (χ4n) is 3.41. The molecule has 0 bridgehead atoms. The van der Waals surface area contributed by atoms with Crippen LogP contribution in [0.3, 0.4) is 0 Å². The lowest BCUT2D eigenvalue weighted by Gasteiger charge is -2.36. The van der Waals surface area contributed by atoms with Crippen LogP contribution in [0.5, 0.6) is 0 Å². The van der Waals surface area contributed by atoms with Crippen LogP contribution in [-0.4, -0.2) is 67.0 Å². The molecule has 9 heteroatoms. The number of benzene rings is 1. The molecule has 0 radical (unpaired) electrons. The molecule has 1 aliphatic heterocycles. The average molecular weight is 406 g/mol. The van der Waals surface area contributed by atoms with Crippen molar-refractivity contribution in [3.05, 3.63) is 71.8 Å². The second-order valence-corrected chi connectivity index (χ2v) is 7.24. The summed E-state index contributed by atoms with van der Waals surface area (Å²) in [6, 6.07) is 14.0. The Morgan fingerprint density at radius 2 is 1.90 bits per heavy atom. The van der Waals surface area contributed by atoms with Crippen molar-refractivity contribution in [2.45, 2.75) is 25.5 Å². The minimum atomic E-state index is -0.757. The monoisotopic (exact) mass is 406 g/mol. The molecule has 2 atom stereocenters. The lowest BCUT2D eigenvalue weighted by Crippen LogP contribution is -2.56. The Hall–Kier alpha value is -3.59. The van der Waals surface area contributed by atoms with Gasteiger partial charge in [0, 0.05) is 18.8 Å². The maximum absolute atomic E-state index is 12.8. The number of nitrogens with zero attached hydrogens (tertiary/aromatic N) is 5. The van der Waals surface area contributed by atoms with Gasteiger partial charge in [0.15, 0.2) is 5.69 Å². The molecule has 4 rings (SSSR count). The Morgan fingerprint density at radius 3 is 2.67 bits per heavy atom. The number of amides is 2. The number of carbonyl (C=O) groups is 2. The van der Waals surface area contributed by atoms with Crippen LogP contribution in [0.1, 0.15) is 33.1 Å². The molecule has 2 amide bonds. The molecule has 0 saturated carbocycles. The number of likely N-dealkylation sites (tertiary alicyclic amines) is 1. The van der Waals surface area contributed by atoms with Crippen molar-refractivity contribution in [1.82, 2.24) is 30.2 Å². The van der Waals surface area contributed by atoms with Crippen LogP contribution in [0.4, 0.5) is 0 Å². The molecule has 3 aromatic rings. The van der Waals surface area contributed by atoms with Gasteiger partial charge in [0.05, 0.1) is 24.0 Å². The lowest BCUT2D eigenvalue weighted by atomic mass is 10.0. The standard InChI is InChI=1S/C21H22N6O3/c1-14-6-5-9-16(22-14)21(30)26-11-10-19(28)17(12-26)23-20(29)18-13-27(25-24-18)15-7-3-2-4-8-15/h2-9,13,17,19,28H,10-12H2,1H3,(H,23,29)/t17-,19+/m1/s1. The smallest absolute Gasteiger partial charge is 0.273 e. The number of pyridine rings is 1. The predicted molar refractivity (Wildman–Crippen MR) is 108 cm³/mol. The summed E-state index contributed by atoms with van der Waals surface area (Å²) in [6.45, 7) is 2.41. The summed E-state index contributed by atoms with van der Waals surface area (Å²) in [6.07, 6.45) is 1.13. The van der Waals surface area contributed by atoms with E-state index in [-0.39, 0.29) is 18.1 Å². The number of aromatic nitrogens is 4. The van der Waals surface area contributed by atoms with Crippen molar-refractivity contribution in [1.29, 1.82) is 0 Å². The molecule has 0 aliphatic carbocycles. The summed E-state index contributed by atoms with van der Waals surface area (Å²) < 4.78 is 1.51. The Morgan fingerprint density at radius 1 is 1.10 bits per heavy atom. The summed E-state index contributed by atoms with van der Waals surface area (Å²) in [5.41, 5.74) is 2.02. The molecule has 0 unspecified atom stereocenters. The van der Waals surface area contributed by atoms with E-state index >= 15 is 0 Å². The first-order chi connectivity index (χ1) is 14.5. The van der Waals surface area contributed by atoms with Gasteiger partial charge in [0.25, 0.3) is 11.8 Å². The quantitative estimate of drug-likeness (QED) is 0.668. The van der Waals surface area contributed by atoms with E-state index in [2.05, 4.69) is 20.6 Å². The summed E-state index contributed by atoms with van der Waals surface area (Å²) in [4.78, 5) is 31.3. The van der Waals surface area contributed by atoms with Crippen molar-refractivity contribution in [2.75, 3.05) is 13.1 Å². The van der Waals surface area contributed by atoms with Gasteiger partial charge in [-0.2, -0.15) is 0 Å². The minimum absolute atomic E-state index is 0.134. The molecule has 30 heavy (non-hydrogen) atoms. The van der Waals surface area contributed by atoms with Gasteiger partial charge in [-0.1, -0.05) is 29.5 Å². The van der Waals surface area contributed by atoms with Gasteiger partial charge in [0.2, 0.25) is 0 Å². The predicted octanol–water partition coefficient (Wildman–Crippen LogP) is 0.976. The van der Waals surface area contributed by atoms with Crippen molar-refractivity contribution >= 4 is 11.8 Å². The minimum Gasteiger partial charge on any atom is -0.391 e. The van der Waals surface area contributed by atoms with Crippen LogP contribution in [0.15, 0.2) is 54.7 Å². The van der Waals surface area contributed by atoms with Crippen LogP contribution in [0, 0.1) is 6.92 Å². The largest absolute Gasteiger partial charge is 0.391 e. The third-order valence-corrected chi connectivity index (χ3v) is 5.03. The zero-order chi connectivity index (χ0) is 21.1. The van der Waals surface area contributed by atoms with Crippen molar-refractivity contribution in [2.24, 2.45) is 0 Å². The van der Waals surface area contributed by atoms with Crippen LogP contribution < -0.4 is 5.32 Å². The van der Waals surface area contributed by atoms with E-state index < -0.39 is 18.1 Å². The molecule has 1 saturated heterocycles. The number of hydrogen-bond donors (Lipinski definition) is 2. The van der Waals surface area contributed by atoms with Crippen molar-refractivity contribution < 1.29 is 14.7 Å². The van der Waals surface area contributed by atoms with E-state index in [1.165, 1.54) is 10.9 Å². The van der Waals surface area contributed by atoms with Gasteiger partial charge >= 0.3 is 0 Å². The highest BCUT2D eigenvalue weighted by Gasteiger charge is 2.32. The number of aliphatic hydroxyl groups is 1. The zero-order valence-corrected chi connectivity index (χ0v) is 16.5. The molecule has 0 spiro atoms. The van der Waals surface area contributed by atoms with E-state index in [0.717, 1.165) is 11.4 Å². The first kappa shape index (κ1) is 19.7.